The van der Waals surface area contributed by atoms with Crippen molar-refractivity contribution in [3.8, 4) is 5.75 Å². The molecule has 0 unspecified atom stereocenters. The lowest BCUT2D eigenvalue weighted by Gasteiger charge is -2.09. The summed E-state index contributed by atoms with van der Waals surface area (Å²) >= 11 is 0. The number of para-hydroxylation sites is 1. The minimum absolute atomic E-state index is 0.306. The zero-order valence-electron chi connectivity index (χ0n) is 11.2. The predicted molar refractivity (Wildman–Crippen MR) is 77.1 cm³/mol. The second-order valence-electron chi connectivity index (χ2n) is 4.38. The van der Waals surface area contributed by atoms with E-state index in [1.807, 2.05) is 36.4 Å². The van der Waals surface area contributed by atoms with Gasteiger partial charge in [0.2, 0.25) is 0 Å². The number of hydrogen-bond acceptors (Lipinski definition) is 4. The van der Waals surface area contributed by atoms with Gasteiger partial charge in [0.1, 0.15) is 5.75 Å². The Morgan fingerprint density at radius 3 is 2.55 bits per heavy atom. The molecule has 3 rings (SSSR count). The van der Waals surface area contributed by atoms with Crippen molar-refractivity contribution in [2.45, 2.75) is 0 Å². The fraction of sp³-hybridized carbons (Fsp3) is 0.125. The van der Waals surface area contributed by atoms with E-state index < -0.39 is 5.97 Å². The quantitative estimate of drug-likeness (QED) is 0.528. The molecule has 0 aliphatic heterocycles. The lowest BCUT2D eigenvalue weighted by Crippen LogP contribution is -2.05. The number of fused-ring (bicyclic) bond motifs is 3. The average molecular weight is 267 g/mol. The maximum atomic E-state index is 11.9. The van der Waals surface area contributed by atoms with Crippen molar-refractivity contribution in [1.82, 2.24) is 4.98 Å². The number of hydrogen-bond donors (Lipinski definition) is 0. The van der Waals surface area contributed by atoms with Crippen LogP contribution in [0.2, 0.25) is 0 Å². The molecule has 0 amide bonds. The minimum Gasteiger partial charge on any atom is -0.497 e. The van der Waals surface area contributed by atoms with Crippen LogP contribution in [0, 0.1) is 0 Å². The number of benzene rings is 2. The van der Waals surface area contributed by atoms with Gasteiger partial charge in [0.05, 0.1) is 19.7 Å². The SMILES string of the molecule is COC(=O)c1nc2ccccc2c2ccc(OC)cc12. The van der Waals surface area contributed by atoms with Crippen LogP contribution >= 0.6 is 0 Å². The molecule has 100 valence electrons. The molecule has 0 fully saturated rings. The first-order valence-electron chi connectivity index (χ1n) is 6.19. The van der Waals surface area contributed by atoms with E-state index in [-0.39, 0.29) is 0 Å². The molecule has 3 aromatic rings. The fourth-order valence-electron chi connectivity index (χ4n) is 2.31. The van der Waals surface area contributed by atoms with E-state index >= 15 is 0 Å². The van der Waals surface area contributed by atoms with E-state index in [1.54, 1.807) is 13.2 Å². The van der Waals surface area contributed by atoms with Gasteiger partial charge in [0.15, 0.2) is 5.69 Å². The zero-order chi connectivity index (χ0) is 14.1. The van der Waals surface area contributed by atoms with Gasteiger partial charge in [-0.15, -0.1) is 0 Å². The molecular formula is C16H13NO3. The number of carbonyl (C=O) groups is 1. The lowest BCUT2D eigenvalue weighted by molar-refractivity contribution is 0.0597. The largest absolute Gasteiger partial charge is 0.497 e. The van der Waals surface area contributed by atoms with E-state index in [0.717, 1.165) is 21.7 Å². The first-order chi connectivity index (χ1) is 9.74. The van der Waals surface area contributed by atoms with E-state index in [1.165, 1.54) is 7.11 Å². The number of carbonyl (C=O) groups excluding carboxylic acids is 1. The van der Waals surface area contributed by atoms with Crippen molar-refractivity contribution in [3.05, 3.63) is 48.2 Å². The number of nitrogens with zero attached hydrogens (tertiary/aromatic N) is 1. The summed E-state index contributed by atoms with van der Waals surface area (Å²) in [5.74, 6) is 0.230. The molecule has 4 heteroatoms. The highest BCUT2D eigenvalue weighted by Crippen LogP contribution is 2.29. The fourth-order valence-corrected chi connectivity index (χ4v) is 2.31. The van der Waals surface area contributed by atoms with Gasteiger partial charge in [-0.25, -0.2) is 9.78 Å². The summed E-state index contributed by atoms with van der Waals surface area (Å²) < 4.78 is 10.0. The summed E-state index contributed by atoms with van der Waals surface area (Å²) in [7, 11) is 2.94. The first kappa shape index (κ1) is 12.4. The molecule has 4 nitrogen and oxygen atoms in total. The van der Waals surface area contributed by atoms with Crippen LogP contribution < -0.4 is 4.74 Å². The minimum atomic E-state index is -0.450. The summed E-state index contributed by atoms with van der Waals surface area (Å²) in [6.07, 6.45) is 0. The average Bonchev–Trinajstić information content (AvgIpc) is 2.52. The normalized spacial score (nSPS) is 10.7. The van der Waals surface area contributed by atoms with Gasteiger partial charge in [-0.3, -0.25) is 0 Å². The standard InChI is InChI=1S/C16H13NO3/c1-19-10-7-8-11-12-5-3-4-6-14(12)17-15(13(11)9-10)16(18)20-2/h3-9H,1-2H3. The predicted octanol–water partition coefficient (Wildman–Crippen LogP) is 3.18. The van der Waals surface area contributed by atoms with Gasteiger partial charge in [-0.2, -0.15) is 0 Å². The molecule has 0 saturated heterocycles. The molecule has 0 spiro atoms. The Bertz CT molecular complexity index is 811. The Balaban J connectivity index is 2.46. The number of aromatic nitrogens is 1. The second kappa shape index (κ2) is 4.81. The Morgan fingerprint density at radius 1 is 1.00 bits per heavy atom. The number of ether oxygens (including phenoxy) is 2. The number of pyridine rings is 1. The Kier molecular flexibility index (Phi) is 2.99. The van der Waals surface area contributed by atoms with Crippen molar-refractivity contribution in [2.24, 2.45) is 0 Å². The molecule has 0 aliphatic rings. The van der Waals surface area contributed by atoms with Crippen molar-refractivity contribution >= 4 is 27.6 Å². The highest BCUT2D eigenvalue weighted by Gasteiger charge is 2.15. The van der Waals surface area contributed by atoms with Gasteiger partial charge < -0.3 is 9.47 Å². The maximum Gasteiger partial charge on any atom is 0.357 e. The van der Waals surface area contributed by atoms with Gasteiger partial charge in [0.25, 0.3) is 0 Å². The highest BCUT2D eigenvalue weighted by molar-refractivity contribution is 6.13. The van der Waals surface area contributed by atoms with Crippen LogP contribution in [-0.4, -0.2) is 25.2 Å². The third kappa shape index (κ3) is 1.86. The smallest absolute Gasteiger partial charge is 0.357 e. The van der Waals surface area contributed by atoms with Crippen molar-refractivity contribution < 1.29 is 14.3 Å². The molecule has 0 saturated carbocycles. The second-order valence-corrected chi connectivity index (χ2v) is 4.38. The molecule has 1 heterocycles. The molecular weight excluding hydrogens is 254 g/mol. The monoisotopic (exact) mass is 267 g/mol. The Hall–Kier alpha value is -2.62. The van der Waals surface area contributed by atoms with Crippen molar-refractivity contribution in [1.29, 1.82) is 0 Å². The van der Waals surface area contributed by atoms with E-state index in [4.69, 9.17) is 9.47 Å². The molecule has 0 N–H and O–H groups in total. The Labute approximate surface area is 115 Å². The molecule has 20 heavy (non-hydrogen) atoms. The van der Waals surface area contributed by atoms with Crippen LogP contribution in [0.15, 0.2) is 42.5 Å². The van der Waals surface area contributed by atoms with Gasteiger partial charge in [-0.1, -0.05) is 18.2 Å². The van der Waals surface area contributed by atoms with Gasteiger partial charge >= 0.3 is 5.97 Å². The molecule has 1 aromatic heterocycles. The molecule has 2 aromatic carbocycles. The van der Waals surface area contributed by atoms with Crippen LogP contribution in [0.5, 0.6) is 5.75 Å². The maximum absolute atomic E-state index is 11.9. The van der Waals surface area contributed by atoms with Crippen molar-refractivity contribution in [3.63, 3.8) is 0 Å². The number of methoxy groups -OCH3 is 2. The molecule has 0 bridgehead atoms. The van der Waals surface area contributed by atoms with Crippen LogP contribution in [0.1, 0.15) is 10.5 Å². The van der Waals surface area contributed by atoms with Crippen LogP contribution in [0.3, 0.4) is 0 Å². The van der Waals surface area contributed by atoms with E-state index in [2.05, 4.69) is 4.98 Å². The number of rotatable bonds is 2. The highest BCUT2D eigenvalue weighted by atomic mass is 16.5. The lowest BCUT2D eigenvalue weighted by atomic mass is 10.0. The summed E-state index contributed by atoms with van der Waals surface area (Å²) in [6.45, 7) is 0. The molecule has 0 aliphatic carbocycles. The van der Waals surface area contributed by atoms with Gasteiger partial charge in [-0.05, 0) is 29.7 Å². The van der Waals surface area contributed by atoms with Gasteiger partial charge in [0, 0.05) is 10.8 Å². The number of esters is 1. The Morgan fingerprint density at radius 2 is 1.80 bits per heavy atom. The van der Waals surface area contributed by atoms with Crippen molar-refractivity contribution in [2.75, 3.05) is 14.2 Å². The van der Waals surface area contributed by atoms with Crippen LogP contribution in [0.25, 0.3) is 21.7 Å². The van der Waals surface area contributed by atoms with Crippen LogP contribution in [-0.2, 0) is 4.74 Å². The summed E-state index contributed by atoms with van der Waals surface area (Å²) in [6, 6.07) is 13.3. The molecule has 0 radical (unpaired) electrons. The topological polar surface area (TPSA) is 48.4 Å². The zero-order valence-corrected chi connectivity index (χ0v) is 11.2. The summed E-state index contributed by atoms with van der Waals surface area (Å²) in [5.41, 5.74) is 1.07. The third-order valence-electron chi connectivity index (χ3n) is 3.29. The summed E-state index contributed by atoms with van der Waals surface area (Å²) in [4.78, 5) is 16.4. The van der Waals surface area contributed by atoms with Crippen LogP contribution in [0.4, 0.5) is 0 Å². The molecule has 0 atom stereocenters. The first-order valence-corrected chi connectivity index (χ1v) is 6.19. The summed E-state index contributed by atoms with van der Waals surface area (Å²) in [5, 5.41) is 2.68. The van der Waals surface area contributed by atoms with E-state index in [9.17, 15) is 4.79 Å². The van der Waals surface area contributed by atoms with E-state index in [0.29, 0.717) is 11.4 Å². The third-order valence-corrected chi connectivity index (χ3v) is 3.29.